The van der Waals surface area contributed by atoms with Gasteiger partial charge in [0, 0.05) is 5.70 Å². The molecule has 1 aliphatic heterocycles. The van der Waals surface area contributed by atoms with Crippen molar-refractivity contribution in [3.8, 4) is 0 Å². The maximum atomic E-state index is 5.26. The van der Waals surface area contributed by atoms with Crippen LogP contribution in [0.5, 0.6) is 0 Å². The van der Waals surface area contributed by atoms with Crippen molar-refractivity contribution in [3.63, 3.8) is 0 Å². The van der Waals surface area contributed by atoms with Gasteiger partial charge in [-0.1, -0.05) is 20.3 Å². The van der Waals surface area contributed by atoms with Gasteiger partial charge < -0.3 is 10.6 Å². The Hall–Kier alpha value is -0.570. The van der Waals surface area contributed by atoms with E-state index in [0.29, 0.717) is 12.0 Å². The summed E-state index contributed by atoms with van der Waals surface area (Å²) in [6.45, 7) is 4.53. The lowest BCUT2D eigenvalue weighted by molar-refractivity contribution is 0.475. The smallest absolute Gasteiger partial charge is 0.171 e. The van der Waals surface area contributed by atoms with E-state index in [0.717, 1.165) is 5.11 Å². The fourth-order valence-electron chi connectivity index (χ4n) is 2.56. The van der Waals surface area contributed by atoms with E-state index >= 15 is 0 Å². The Bertz CT molecular complexity index is 294. The molecule has 0 spiro atoms. The van der Waals surface area contributed by atoms with E-state index in [2.05, 4.69) is 24.5 Å². The van der Waals surface area contributed by atoms with E-state index in [9.17, 15) is 0 Å². The van der Waals surface area contributed by atoms with Crippen molar-refractivity contribution in [3.05, 3.63) is 11.3 Å². The van der Waals surface area contributed by atoms with E-state index in [1.54, 1.807) is 5.57 Å². The summed E-state index contributed by atoms with van der Waals surface area (Å²) >= 11 is 5.26. The Labute approximate surface area is 97.5 Å². The molecule has 3 heteroatoms. The summed E-state index contributed by atoms with van der Waals surface area (Å²) in [5.41, 5.74) is 2.99. The Balaban J connectivity index is 2.27. The van der Waals surface area contributed by atoms with Gasteiger partial charge in [-0.25, -0.2) is 0 Å². The number of allylic oxidation sites excluding steroid dienone is 1. The van der Waals surface area contributed by atoms with Crippen molar-refractivity contribution in [2.24, 2.45) is 5.92 Å². The molecule has 1 aliphatic carbocycles. The molecular formula is C12H20N2S. The summed E-state index contributed by atoms with van der Waals surface area (Å²) in [6.07, 6.45) is 6.41. The first-order valence-corrected chi connectivity index (χ1v) is 6.38. The standard InChI is InChI=1S/C12H20N2S/c1-8(2)11-9-6-4-3-5-7-10(9)13-12(15)14-11/h8,11H,3-7H2,1-2H3,(H2,13,14,15). The first kappa shape index (κ1) is 10.9. The molecule has 2 rings (SSSR count). The van der Waals surface area contributed by atoms with Crippen molar-refractivity contribution in [2.45, 2.75) is 52.0 Å². The normalized spacial score (nSPS) is 26.9. The summed E-state index contributed by atoms with van der Waals surface area (Å²) in [5.74, 6) is 0.619. The molecule has 0 aromatic carbocycles. The third kappa shape index (κ3) is 2.33. The molecule has 1 unspecified atom stereocenters. The zero-order valence-corrected chi connectivity index (χ0v) is 10.4. The van der Waals surface area contributed by atoms with Crippen molar-refractivity contribution < 1.29 is 0 Å². The van der Waals surface area contributed by atoms with Crippen LogP contribution in [0.1, 0.15) is 46.0 Å². The third-order valence-electron chi connectivity index (χ3n) is 3.35. The molecule has 2 N–H and O–H groups in total. The van der Waals surface area contributed by atoms with E-state index in [4.69, 9.17) is 12.2 Å². The minimum absolute atomic E-state index is 0.465. The number of thiocarbonyl (C=S) groups is 1. The van der Waals surface area contributed by atoms with Crippen LogP contribution < -0.4 is 10.6 Å². The molecule has 84 valence electrons. The molecule has 0 amide bonds. The molecule has 2 nitrogen and oxygen atoms in total. The second-order valence-electron chi connectivity index (χ2n) is 4.88. The van der Waals surface area contributed by atoms with E-state index < -0.39 is 0 Å². The first-order chi connectivity index (χ1) is 7.18. The fourth-order valence-corrected chi connectivity index (χ4v) is 2.81. The van der Waals surface area contributed by atoms with Crippen LogP contribution in [0.25, 0.3) is 0 Å². The van der Waals surface area contributed by atoms with Gasteiger partial charge in [0.1, 0.15) is 0 Å². The van der Waals surface area contributed by atoms with Crippen LogP contribution in [-0.4, -0.2) is 11.2 Å². The topological polar surface area (TPSA) is 24.1 Å². The van der Waals surface area contributed by atoms with Crippen LogP contribution in [-0.2, 0) is 0 Å². The van der Waals surface area contributed by atoms with Crippen LogP contribution in [0, 0.1) is 5.92 Å². The van der Waals surface area contributed by atoms with Crippen LogP contribution in [0.3, 0.4) is 0 Å². The van der Waals surface area contributed by atoms with Crippen LogP contribution in [0.4, 0.5) is 0 Å². The molecule has 1 atom stereocenters. The minimum atomic E-state index is 0.465. The highest BCUT2D eigenvalue weighted by atomic mass is 32.1. The van der Waals surface area contributed by atoms with Gasteiger partial charge >= 0.3 is 0 Å². The van der Waals surface area contributed by atoms with Gasteiger partial charge in [-0.05, 0) is 49.4 Å². The molecule has 15 heavy (non-hydrogen) atoms. The van der Waals surface area contributed by atoms with Crippen LogP contribution in [0.15, 0.2) is 11.3 Å². The summed E-state index contributed by atoms with van der Waals surface area (Å²) in [4.78, 5) is 0. The number of nitrogens with one attached hydrogen (secondary N) is 2. The van der Waals surface area contributed by atoms with Crippen molar-refractivity contribution in [2.75, 3.05) is 0 Å². The van der Waals surface area contributed by atoms with E-state index in [1.165, 1.54) is 37.8 Å². The number of hydrogen-bond acceptors (Lipinski definition) is 1. The number of rotatable bonds is 1. The van der Waals surface area contributed by atoms with Gasteiger partial charge in [-0.2, -0.15) is 0 Å². The Morgan fingerprint density at radius 1 is 1.20 bits per heavy atom. The van der Waals surface area contributed by atoms with Crippen molar-refractivity contribution >= 4 is 17.3 Å². The van der Waals surface area contributed by atoms with Gasteiger partial charge in [0.05, 0.1) is 6.04 Å². The van der Waals surface area contributed by atoms with Crippen LogP contribution in [0.2, 0.25) is 0 Å². The lowest BCUT2D eigenvalue weighted by Gasteiger charge is -2.33. The second-order valence-corrected chi connectivity index (χ2v) is 5.29. The summed E-state index contributed by atoms with van der Waals surface area (Å²) in [7, 11) is 0. The highest BCUT2D eigenvalue weighted by Crippen LogP contribution is 2.29. The Morgan fingerprint density at radius 2 is 1.93 bits per heavy atom. The Morgan fingerprint density at radius 3 is 2.67 bits per heavy atom. The first-order valence-electron chi connectivity index (χ1n) is 5.98. The molecule has 2 aliphatic rings. The SMILES string of the molecule is CC(C)C1NC(=S)NC2=C1CCCCC2. The van der Waals surface area contributed by atoms with E-state index in [1.807, 2.05) is 0 Å². The average molecular weight is 224 g/mol. The molecule has 0 radical (unpaired) electrons. The highest BCUT2D eigenvalue weighted by molar-refractivity contribution is 7.80. The summed E-state index contributed by atoms with van der Waals surface area (Å²) in [6, 6.07) is 0.465. The molecule has 0 saturated carbocycles. The molecule has 1 heterocycles. The van der Waals surface area contributed by atoms with Gasteiger partial charge in [-0.15, -0.1) is 0 Å². The Kier molecular flexibility index (Phi) is 3.29. The van der Waals surface area contributed by atoms with Crippen molar-refractivity contribution in [1.29, 1.82) is 0 Å². The summed E-state index contributed by atoms with van der Waals surface area (Å²) < 4.78 is 0. The molecule has 0 aromatic heterocycles. The maximum absolute atomic E-state index is 5.26. The second kappa shape index (κ2) is 4.52. The molecule has 0 fully saturated rings. The zero-order valence-electron chi connectivity index (χ0n) is 9.60. The van der Waals surface area contributed by atoms with Gasteiger partial charge in [0.15, 0.2) is 5.11 Å². The van der Waals surface area contributed by atoms with Crippen LogP contribution >= 0.6 is 12.2 Å². The van der Waals surface area contributed by atoms with Gasteiger partial charge in [0.25, 0.3) is 0 Å². The monoisotopic (exact) mass is 224 g/mol. The lowest BCUT2D eigenvalue weighted by Crippen LogP contribution is -2.50. The van der Waals surface area contributed by atoms with Crippen molar-refractivity contribution in [1.82, 2.24) is 10.6 Å². The predicted molar refractivity (Wildman–Crippen MR) is 67.6 cm³/mol. The van der Waals surface area contributed by atoms with Gasteiger partial charge in [-0.3, -0.25) is 0 Å². The molecule has 0 bridgehead atoms. The average Bonchev–Trinajstić information content (AvgIpc) is 2.41. The maximum Gasteiger partial charge on any atom is 0.171 e. The highest BCUT2D eigenvalue weighted by Gasteiger charge is 2.27. The van der Waals surface area contributed by atoms with Gasteiger partial charge in [0.2, 0.25) is 0 Å². The third-order valence-corrected chi connectivity index (χ3v) is 3.57. The fraction of sp³-hybridized carbons (Fsp3) is 0.750. The number of hydrogen-bond donors (Lipinski definition) is 2. The lowest BCUT2D eigenvalue weighted by atomic mass is 9.90. The largest absolute Gasteiger partial charge is 0.356 e. The summed E-state index contributed by atoms with van der Waals surface area (Å²) in [5, 5.41) is 7.56. The minimum Gasteiger partial charge on any atom is -0.356 e. The van der Waals surface area contributed by atoms with E-state index in [-0.39, 0.29) is 0 Å². The molecule has 0 aromatic rings. The molecule has 0 saturated heterocycles. The quantitative estimate of drug-likeness (QED) is 0.670. The predicted octanol–water partition coefficient (Wildman–Crippen LogP) is 2.71. The molecular weight excluding hydrogens is 204 g/mol. The zero-order chi connectivity index (χ0) is 10.8.